The third-order valence-electron chi connectivity index (χ3n) is 2.20. The summed E-state index contributed by atoms with van der Waals surface area (Å²) in [5.41, 5.74) is 0. The van der Waals surface area contributed by atoms with E-state index >= 15 is 0 Å². The van der Waals surface area contributed by atoms with Crippen LogP contribution in [-0.2, 0) is 18.1 Å². The van der Waals surface area contributed by atoms with Crippen LogP contribution in [0.25, 0.3) is 0 Å². The summed E-state index contributed by atoms with van der Waals surface area (Å²) in [7, 11) is -3.98. The maximum atomic E-state index is 12.6. The Morgan fingerprint density at radius 3 is 1.00 bits per heavy atom. The van der Waals surface area contributed by atoms with Gasteiger partial charge < -0.3 is 13.6 Å². The highest BCUT2D eigenvalue weighted by Gasteiger charge is 2.34. The molecular weight excluding hydrogens is 345 g/mol. The van der Waals surface area contributed by atoms with Gasteiger partial charge in [0.15, 0.2) is 0 Å². The standard InChI is InChI=1S/C12H18Cl3O4P/c1-7(13)10(4)17-20(16,18-11(5)8(2)14)19-12(6)9(3)15/h1-6H3/b10-7-,11-8-,12-9-. The van der Waals surface area contributed by atoms with Gasteiger partial charge in [-0.25, -0.2) is 0 Å². The van der Waals surface area contributed by atoms with Crippen LogP contribution in [0.1, 0.15) is 41.5 Å². The monoisotopic (exact) mass is 362 g/mol. The molecule has 0 heterocycles. The lowest BCUT2D eigenvalue weighted by molar-refractivity contribution is 0.193. The molecule has 0 saturated carbocycles. The van der Waals surface area contributed by atoms with Crippen molar-refractivity contribution in [3.05, 3.63) is 32.4 Å². The van der Waals surface area contributed by atoms with E-state index in [1.54, 1.807) is 41.5 Å². The molecule has 0 N–H and O–H groups in total. The quantitative estimate of drug-likeness (QED) is 0.393. The molecular formula is C12H18Cl3O4P. The van der Waals surface area contributed by atoms with E-state index in [2.05, 4.69) is 0 Å². The Balaban J connectivity index is 5.47. The van der Waals surface area contributed by atoms with Gasteiger partial charge in [0.1, 0.15) is 17.3 Å². The molecule has 0 aromatic rings. The van der Waals surface area contributed by atoms with E-state index in [0.717, 1.165) is 0 Å². The summed E-state index contributed by atoms with van der Waals surface area (Å²) in [6.07, 6.45) is 0. The molecule has 0 saturated heterocycles. The predicted molar refractivity (Wildman–Crippen MR) is 83.5 cm³/mol. The van der Waals surface area contributed by atoms with E-state index in [1.165, 1.54) is 0 Å². The molecule has 0 unspecified atom stereocenters. The van der Waals surface area contributed by atoms with E-state index in [-0.39, 0.29) is 17.3 Å². The molecule has 0 aromatic heterocycles. The zero-order valence-electron chi connectivity index (χ0n) is 12.2. The second-order valence-electron chi connectivity index (χ2n) is 3.99. The van der Waals surface area contributed by atoms with Gasteiger partial charge in [0.25, 0.3) is 0 Å². The van der Waals surface area contributed by atoms with E-state index in [4.69, 9.17) is 48.4 Å². The topological polar surface area (TPSA) is 44.8 Å². The highest BCUT2D eigenvalue weighted by molar-refractivity contribution is 7.48. The Hall–Kier alpha value is -0.280. The molecule has 0 aliphatic carbocycles. The lowest BCUT2D eigenvalue weighted by atomic mass is 10.5. The van der Waals surface area contributed by atoms with Crippen LogP contribution in [0.5, 0.6) is 0 Å². The van der Waals surface area contributed by atoms with Crippen LogP contribution in [0.4, 0.5) is 0 Å². The molecule has 0 bridgehead atoms. The van der Waals surface area contributed by atoms with Crippen molar-refractivity contribution in [1.82, 2.24) is 0 Å². The second-order valence-corrected chi connectivity index (χ2v) is 7.13. The minimum absolute atomic E-state index is 0.218. The second kappa shape index (κ2) is 8.23. The average Bonchev–Trinajstić information content (AvgIpc) is 2.27. The van der Waals surface area contributed by atoms with Crippen LogP contribution < -0.4 is 0 Å². The van der Waals surface area contributed by atoms with Crippen molar-refractivity contribution in [2.24, 2.45) is 0 Å². The van der Waals surface area contributed by atoms with Crippen LogP contribution in [0, 0.1) is 0 Å². The average molecular weight is 364 g/mol. The first-order valence-electron chi connectivity index (χ1n) is 5.66. The van der Waals surface area contributed by atoms with E-state index in [0.29, 0.717) is 15.1 Å². The van der Waals surface area contributed by atoms with Gasteiger partial charge in [0.05, 0.1) is 15.1 Å². The normalized spacial score (nSPS) is 15.8. The Kier molecular flexibility index (Phi) is 8.12. The van der Waals surface area contributed by atoms with Crippen LogP contribution in [0.3, 0.4) is 0 Å². The molecule has 0 fully saturated rings. The first kappa shape index (κ1) is 19.7. The Bertz CT molecular complexity index is 426. The summed E-state index contributed by atoms with van der Waals surface area (Å²) in [6.45, 7) is 9.40. The van der Waals surface area contributed by atoms with Gasteiger partial charge in [-0.05, 0) is 41.5 Å². The van der Waals surface area contributed by atoms with Crippen molar-refractivity contribution in [1.29, 1.82) is 0 Å². The lowest BCUT2D eigenvalue weighted by Crippen LogP contribution is -1.99. The molecule has 0 amide bonds. The minimum atomic E-state index is -3.98. The molecule has 4 nitrogen and oxygen atoms in total. The summed E-state index contributed by atoms with van der Waals surface area (Å²) >= 11 is 17.3. The number of rotatable bonds is 6. The maximum absolute atomic E-state index is 12.6. The third kappa shape index (κ3) is 6.94. The van der Waals surface area contributed by atoms with Crippen molar-refractivity contribution in [2.75, 3.05) is 0 Å². The first-order valence-corrected chi connectivity index (χ1v) is 8.25. The van der Waals surface area contributed by atoms with Crippen LogP contribution >= 0.6 is 42.6 Å². The predicted octanol–water partition coefficient (Wildman–Crippen LogP) is 6.61. The molecule has 0 aliphatic rings. The molecule has 116 valence electrons. The summed E-state index contributed by atoms with van der Waals surface area (Å²) in [6, 6.07) is 0. The molecule has 8 heteroatoms. The maximum Gasteiger partial charge on any atom is 0.646 e. The Morgan fingerprint density at radius 2 is 0.850 bits per heavy atom. The van der Waals surface area contributed by atoms with Crippen molar-refractivity contribution in [2.45, 2.75) is 41.5 Å². The first-order chi connectivity index (χ1) is 8.98. The fourth-order valence-electron chi connectivity index (χ4n) is 0.748. The zero-order valence-corrected chi connectivity index (χ0v) is 15.4. The summed E-state index contributed by atoms with van der Waals surface area (Å²) in [5, 5.41) is 0.975. The van der Waals surface area contributed by atoms with Crippen LogP contribution in [-0.4, -0.2) is 0 Å². The van der Waals surface area contributed by atoms with E-state index in [1.807, 2.05) is 0 Å². The molecule has 0 aliphatic heterocycles. The fourth-order valence-corrected chi connectivity index (χ4v) is 2.55. The number of phosphoric ester groups is 1. The van der Waals surface area contributed by atoms with Gasteiger partial charge in [-0.15, -0.1) is 0 Å². The minimum Gasteiger partial charge on any atom is -0.390 e. The van der Waals surface area contributed by atoms with Crippen molar-refractivity contribution < 1.29 is 18.1 Å². The van der Waals surface area contributed by atoms with Gasteiger partial charge in [0, 0.05) is 0 Å². The Labute approximate surface area is 134 Å². The van der Waals surface area contributed by atoms with E-state index in [9.17, 15) is 4.57 Å². The molecule has 0 atom stereocenters. The largest absolute Gasteiger partial charge is 0.646 e. The van der Waals surface area contributed by atoms with Crippen LogP contribution in [0.15, 0.2) is 32.4 Å². The van der Waals surface area contributed by atoms with Gasteiger partial charge in [-0.2, -0.15) is 4.57 Å². The van der Waals surface area contributed by atoms with Crippen LogP contribution in [0.2, 0.25) is 0 Å². The number of hydrogen-bond donors (Lipinski definition) is 0. The van der Waals surface area contributed by atoms with Crippen molar-refractivity contribution in [3.8, 4) is 0 Å². The number of hydrogen-bond acceptors (Lipinski definition) is 4. The SMILES string of the molecule is C/C(Cl)=C(\C)OP(=O)(O/C(C)=C(/C)Cl)O/C(C)=C(/C)Cl. The van der Waals surface area contributed by atoms with Gasteiger partial charge in [-0.3, -0.25) is 0 Å². The zero-order chi connectivity index (χ0) is 16.1. The summed E-state index contributed by atoms with van der Waals surface area (Å²) in [4.78, 5) is 0. The van der Waals surface area contributed by atoms with E-state index < -0.39 is 7.82 Å². The molecule has 0 radical (unpaired) electrons. The fraction of sp³-hybridized carbons (Fsp3) is 0.500. The number of halogens is 3. The smallest absolute Gasteiger partial charge is 0.390 e. The van der Waals surface area contributed by atoms with Gasteiger partial charge in [0.2, 0.25) is 0 Å². The van der Waals surface area contributed by atoms with Gasteiger partial charge >= 0.3 is 7.82 Å². The van der Waals surface area contributed by atoms with Crippen molar-refractivity contribution in [3.63, 3.8) is 0 Å². The molecule has 20 heavy (non-hydrogen) atoms. The molecule has 0 spiro atoms. The summed E-state index contributed by atoms with van der Waals surface area (Å²) in [5.74, 6) is 0.653. The number of allylic oxidation sites excluding steroid dienone is 6. The third-order valence-corrected chi connectivity index (χ3v) is 4.49. The highest BCUT2D eigenvalue weighted by atomic mass is 35.5. The lowest BCUT2D eigenvalue weighted by Gasteiger charge is -2.21. The molecule has 0 rings (SSSR count). The Morgan fingerprint density at radius 1 is 0.650 bits per heavy atom. The summed E-state index contributed by atoms with van der Waals surface area (Å²) < 4.78 is 28.3. The number of phosphoric acid groups is 1. The van der Waals surface area contributed by atoms with Crippen molar-refractivity contribution >= 4 is 42.6 Å². The van der Waals surface area contributed by atoms with Gasteiger partial charge in [-0.1, -0.05) is 34.8 Å². The molecule has 0 aromatic carbocycles. The highest BCUT2D eigenvalue weighted by Crippen LogP contribution is 2.56.